The largest absolute Gasteiger partial charge is 0.310 e. The van der Waals surface area contributed by atoms with Gasteiger partial charge in [0.25, 0.3) is 0 Å². The Hall–Kier alpha value is -8.48. The summed E-state index contributed by atoms with van der Waals surface area (Å²) in [5, 5.41) is 0. The normalized spacial score (nSPS) is 16.4. The number of fused-ring (bicyclic) bond motifs is 6. The molecule has 2 nitrogen and oxygen atoms in total. The molecule has 0 bridgehead atoms. The second-order valence-corrected chi connectivity index (χ2v) is 17.4. The van der Waals surface area contributed by atoms with Crippen molar-refractivity contribution in [2.75, 3.05) is 9.80 Å². The molecule has 0 saturated heterocycles. The highest BCUT2D eigenvalue weighted by molar-refractivity contribution is 5.95. The highest BCUT2D eigenvalue weighted by Crippen LogP contribution is 2.70. The van der Waals surface area contributed by atoms with Gasteiger partial charge in [0.1, 0.15) is 23.3 Å². The Labute approximate surface area is 392 Å². The molecule has 0 heterocycles. The molecule has 2 aliphatic carbocycles. The molecule has 0 amide bonds. The molecule has 10 aromatic rings. The summed E-state index contributed by atoms with van der Waals surface area (Å²) in [6.45, 7) is 0. The van der Waals surface area contributed by atoms with Crippen molar-refractivity contribution in [3.63, 3.8) is 0 Å². The van der Waals surface area contributed by atoms with Crippen LogP contribution in [-0.2, 0) is 10.8 Å². The minimum absolute atomic E-state index is 0.361. The Bertz CT molecular complexity index is 3160. The first-order chi connectivity index (χ1) is 33.4. The lowest BCUT2D eigenvalue weighted by Crippen LogP contribution is -2.50. The van der Waals surface area contributed by atoms with E-state index in [1.807, 2.05) is 21.9 Å². The molecule has 68 heavy (non-hydrogen) atoms. The zero-order valence-corrected chi connectivity index (χ0v) is 36.5. The van der Waals surface area contributed by atoms with Crippen molar-refractivity contribution in [2.45, 2.75) is 10.8 Å². The predicted molar refractivity (Wildman–Crippen MR) is 266 cm³/mol. The maximum atomic E-state index is 14.6. The van der Waals surface area contributed by atoms with Gasteiger partial charge in [0, 0.05) is 34.1 Å². The number of hydrogen-bond acceptors (Lipinski definition) is 2. The summed E-state index contributed by atoms with van der Waals surface area (Å²) >= 11 is 0. The number of benzene rings is 10. The van der Waals surface area contributed by atoms with Crippen LogP contribution in [0.4, 0.5) is 51.7 Å². The van der Waals surface area contributed by atoms with Crippen LogP contribution in [0.5, 0.6) is 0 Å². The summed E-state index contributed by atoms with van der Waals surface area (Å²) in [6, 6.07) is 77.4. The molecule has 6 heteroatoms. The van der Waals surface area contributed by atoms with Crippen LogP contribution in [0, 0.1) is 23.3 Å². The van der Waals surface area contributed by atoms with E-state index in [1.54, 1.807) is 48.5 Å². The molecule has 2 atom stereocenters. The minimum Gasteiger partial charge on any atom is -0.310 e. The Kier molecular flexibility index (Phi) is 9.73. The number of nitrogens with zero attached hydrogens (tertiary/aromatic N) is 2. The van der Waals surface area contributed by atoms with Gasteiger partial charge < -0.3 is 9.80 Å². The summed E-state index contributed by atoms with van der Waals surface area (Å²) < 4.78 is 58.6. The van der Waals surface area contributed by atoms with Crippen molar-refractivity contribution in [2.24, 2.45) is 0 Å². The molecular formula is C62H40F4N2. The SMILES string of the molecule is Fc1ccc(N(c2ccc(F)cc2)c2ccc3c(c2)C(c2ccccc2)(C2(c4ccccc4)c4ccccc4-c4ccc(N(c5ccc(F)cc5)c5ccc(F)cc5)cc42)c2ccccc2-3)cc1. The number of anilines is 6. The van der Waals surface area contributed by atoms with Crippen molar-refractivity contribution in [3.05, 3.63) is 299 Å². The molecule has 0 N–H and O–H groups in total. The van der Waals surface area contributed by atoms with Crippen LogP contribution < -0.4 is 9.80 Å². The Morgan fingerprint density at radius 1 is 0.235 bits per heavy atom. The average molecular weight is 889 g/mol. The Morgan fingerprint density at radius 2 is 0.500 bits per heavy atom. The van der Waals surface area contributed by atoms with E-state index < -0.39 is 10.8 Å². The summed E-state index contributed by atoms with van der Waals surface area (Å²) in [7, 11) is 0. The van der Waals surface area contributed by atoms with E-state index >= 15 is 0 Å². The topological polar surface area (TPSA) is 6.48 Å². The number of rotatable bonds is 9. The first-order valence-electron chi connectivity index (χ1n) is 22.6. The fourth-order valence-electron chi connectivity index (χ4n) is 11.3. The van der Waals surface area contributed by atoms with E-state index in [1.165, 1.54) is 48.5 Å². The molecule has 0 fully saturated rings. The molecule has 12 rings (SSSR count). The van der Waals surface area contributed by atoms with Gasteiger partial charge in [-0.25, -0.2) is 17.6 Å². The monoisotopic (exact) mass is 888 g/mol. The smallest absolute Gasteiger partial charge is 0.123 e. The van der Waals surface area contributed by atoms with Crippen LogP contribution in [0.3, 0.4) is 0 Å². The first kappa shape index (κ1) is 41.0. The lowest BCUT2D eigenvalue weighted by Gasteiger charge is -2.51. The molecule has 10 aromatic carbocycles. The lowest BCUT2D eigenvalue weighted by atomic mass is 9.49. The van der Waals surface area contributed by atoms with E-state index in [4.69, 9.17) is 0 Å². The maximum Gasteiger partial charge on any atom is 0.123 e. The van der Waals surface area contributed by atoms with Gasteiger partial charge in [-0.15, -0.1) is 0 Å². The summed E-state index contributed by atoms with van der Waals surface area (Å²) in [5.74, 6) is -1.44. The lowest BCUT2D eigenvalue weighted by molar-refractivity contribution is 0.437. The van der Waals surface area contributed by atoms with E-state index in [-0.39, 0.29) is 23.3 Å². The molecule has 0 aliphatic heterocycles. The fraction of sp³-hybridized carbons (Fsp3) is 0.0323. The van der Waals surface area contributed by atoms with E-state index in [9.17, 15) is 17.6 Å². The van der Waals surface area contributed by atoms with Gasteiger partial charge in [-0.05, 0) is 177 Å². The predicted octanol–water partition coefficient (Wildman–Crippen LogP) is 16.5. The highest BCUT2D eigenvalue weighted by Gasteiger charge is 2.64. The van der Waals surface area contributed by atoms with Crippen LogP contribution in [0.1, 0.15) is 33.4 Å². The zero-order chi connectivity index (χ0) is 46.0. The van der Waals surface area contributed by atoms with Crippen LogP contribution in [0.15, 0.2) is 243 Å². The third-order valence-corrected chi connectivity index (χ3v) is 13.9. The maximum absolute atomic E-state index is 14.6. The summed E-state index contributed by atoms with van der Waals surface area (Å²) in [4.78, 5) is 4.09. The highest BCUT2D eigenvalue weighted by atomic mass is 19.1. The Morgan fingerprint density at radius 3 is 0.824 bits per heavy atom. The number of halogens is 4. The quantitative estimate of drug-likeness (QED) is 0.133. The molecule has 0 radical (unpaired) electrons. The minimum atomic E-state index is -0.995. The average Bonchev–Trinajstić information content (AvgIpc) is 3.85. The summed E-state index contributed by atoms with van der Waals surface area (Å²) in [6.07, 6.45) is 0. The molecule has 0 saturated carbocycles. The molecule has 2 aliphatic rings. The van der Waals surface area contributed by atoms with E-state index in [2.05, 4.69) is 133 Å². The van der Waals surface area contributed by atoms with Gasteiger partial charge in [-0.1, -0.05) is 121 Å². The fourth-order valence-corrected chi connectivity index (χ4v) is 11.3. The molecule has 326 valence electrons. The first-order valence-corrected chi connectivity index (χ1v) is 22.6. The van der Waals surface area contributed by atoms with Crippen molar-refractivity contribution in [3.8, 4) is 22.3 Å². The molecule has 2 unspecified atom stereocenters. The van der Waals surface area contributed by atoms with Gasteiger partial charge in [0.15, 0.2) is 0 Å². The standard InChI is InChI=1S/C62H40F4N2/c63-43-19-27-47(28-20-43)67(48-29-21-44(64)22-30-48)51-35-37-55-53-15-7-9-17-57(53)61(59(55)39-51,41-11-3-1-4-12-41)62(42-13-5-2-6-14-42)58-18-10-8-16-54(58)56-38-36-52(40-60(56)62)68(49-31-23-45(65)24-32-49)50-33-25-46(66)26-34-50/h1-40H. The Balaban J connectivity index is 1.23. The second-order valence-electron chi connectivity index (χ2n) is 17.4. The molecule has 0 aromatic heterocycles. The molecular weight excluding hydrogens is 849 g/mol. The van der Waals surface area contributed by atoms with Gasteiger partial charge >= 0.3 is 0 Å². The van der Waals surface area contributed by atoms with Crippen LogP contribution in [0.25, 0.3) is 22.3 Å². The van der Waals surface area contributed by atoms with Crippen molar-refractivity contribution in [1.82, 2.24) is 0 Å². The van der Waals surface area contributed by atoms with Crippen LogP contribution in [-0.4, -0.2) is 0 Å². The van der Waals surface area contributed by atoms with Gasteiger partial charge in [-0.2, -0.15) is 0 Å². The van der Waals surface area contributed by atoms with Crippen molar-refractivity contribution < 1.29 is 17.6 Å². The van der Waals surface area contributed by atoms with E-state index in [0.717, 1.165) is 67.0 Å². The van der Waals surface area contributed by atoms with E-state index in [0.29, 0.717) is 22.7 Å². The van der Waals surface area contributed by atoms with Gasteiger partial charge in [-0.3, -0.25) is 0 Å². The third kappa shape index (κ3) is 6.17. The van der Waals surface area contributed by atoms with Crippen LogP contribution in [0.2, 0.25) is 0 Å². The van der Waals surface area contributed by atoms with Crippen molar-refractivity contribution in [1.29, 1.82) is 0 Å². The third-order valence-electron chi connectivity index (χ3n) is 13.9. The zero-order valence-electron chi connectivity index (χ0n) is 36.5. The van der Waals surface area contributed by atoms with Gasteiger partial charge in [0.2, 0.25) is 0 Å². The van der Waals surface area contributed by atoms with Crippen molar-refractivity contribution >= 4 is 34.1 Å². The van der Waals surface area contributed by atoms with Crippen LogP contribution >= 0.6 is 0 Å². The summed E-state index contributed by atoms with van der Waals surface area (Å²) in [5.41, 5.74) is 13.2. The number of hydrogen-bond donors (Lipinski definition) is 0. The molecule has 0 spiro atoms. The van der Waals surface area contributed by atoms with Gasteiger partial charge in [0.05, 0.1) is 10.8 Å². The second kappa shape index (κ2) is 16.1.